The summed E-state index contributed by atoms with van der Waals surface area (Å²) in [6.45, 7) is 1.59. The van der Waals surface area contributed by atoms with E-state index in [1.54, 1.807) is 6.92 Å². The SMILES string of the molecule is CC1CN(S(C)(=O)=O)C2NC(=O)NC2N1S(C)(=O)=O. The number of sulfonamides is 2. The van der Waals surface area contributed by atoms with Crippen LogP contribution in [0.1, 0.15) is 6.92 Å². The van der Waals surface area contributed by atoms with Crippen molar-refractivity contribution in [2.45, 2.75) is 25.3 Å². The third-order valence-electron chi connectivity index (χ3n) is 3.13. The van der Waals surface area contributed by atoms with E-state index in [-0.39, 0.29) is 6.54 Å². The second kappa shape index (κ2) is 4.30. The van der Waals surface area contributed by atoms with Crippen molar-refractivity contribution in [1.82, 2.24) is 19.2 Å². The normalized spacial score (nSPS) is 33.6. The fourth-order valence-corrected chi connectivity index (χ4v) is 4.87. The van der Waals surface area contributed by atoms with Crippen molar-refractivity contribution in [1.29, 1.82) is 0 Å². The van der Waals surface area contributed by atoms with E-state index < -0.39 is 44.5 Å². The average molecular weight is 312 g/mol. The second-order valence-electron chi connectivity index (χ2n) is 4.78. The quantitative estimate of drug-likeness (QED) is 0.604. The lowest BCUT2D eigenvalue weighted by Crippen LogP contribution is -2.68. The van der Waals surface area contributed by atoms with E-state index >= 15 is 0 Å². The lowest BCUT2D eigenvalue weighted by molar-refractivity contribution is 0.0925. The first-order chi connectivity index (χ1) is 8.51. The molecule has 0 spiro atoms. The highest BCUT2D eigenvalue weighted by molar-refractivity contribution is 7.88. The van der Waals surface area contributed by atoms with Gasteiger partial charge in [-0.05, 0) is 6.92 Å². The van der Waals surface area contributed by atoms with Gasteiger partial charge in [-0.3, -0.25) is 0 Å². The van der Waals surface area contributed by atoms with Gasteiger partial charge >= 0.3 is 6.03 Å². The van der Waals surface area contributed by atoms with Gasteiger partial charge in [0.25, 0.3) is 0 Å². The summed E-state index contributed by atoms with van der Waals surface area (Å²) < 4.78 is 49.2. The van der Waals surface area contributed by atoms with E-state index in [1.807, 2.05) is 0 Å². The van der Waals surface area contributed by atoms with Gasteiger partial charge in [-0.2, -0.15) is 8.61 Å². The fraction of sp³-hybridized carbons (Fsp3) is 0.875. The van der Waals surface area contributed by atoms with Gasteiger partial charge in [-0.25, -0.2) is 21.6 Å². The molecule has 0 radical (unpaired) electrons. The molecule has 2 rings (SSSR count). The number of carbonyl (C=O) groups is 1. The van der Waals surface area contributed by atoms with E-state index in [0.717, 1.165) is 21.1 Å². The summed E-state index contributed by atoms with van der Waals surface area (Å²) >= 11 is 0. The molecule has 0 aliphatic carbocycles. The molecule has 9 nitrogen and oxygen atoms in total. The number of urea groups is 1. The molecule has 19 heavy (non-hydrogen) atoms. The van der Waals surface area contributed by atoms with E-state index in [9.17, 15) is 21.6 Å². The zero-order valence-electron chi connectivity index (χ0n) is 10.7. The Morgan fingerprint density at radius 3 is 2.05 bits per heavy atom. The predicted molar refractivity (Wildman–Crippen MR) is 66.9 cm³/mol. The fourth-order valence-electron chi connectivity index (χ4n) is 2.50. The summed E-state index contributed by atoms with van der Waals surface area (Å²) in [7, 11) is -7.11. The standard InChI is InChI=1S/C8H16N4O5S2/c1-5-4-11(18(2,14)15)6-7(10-8(13)9-6)12(5)19(3,16)17/h5-7H,4H2,1-3H3,(H2,9,10,13). The third kappa shape index (κ3) is 2.55. The number of rotatable bonds is 2. The first kappa shape index (κ1) is 14.5. The third-order valence-corrected chi connectivity index (χ3v) is 5.71. The van der Waals surface area contributed by atoms with Crippen LogP contribution in [-0.2, 0) is 20.0 Å². The highest BCUT2D eigenvalue weighted by Gasteiger charge is 2.51. The molecule has 0 aromatic heterocycles. The van der Waals surface area contributed by atoms with Crippen LogP contribution in [0.3, 0.4) is 0 Å². The highest BCUT2D eigenvalue weighted by Crippen LogP contribution is 2.26. The topological polar surface area (TPSA) is 116 Å². The van der Waals surface area contributed by atoms with E-state index in [0.29, 0.717) is 0 Å². The summed E-state index contributed by atoms with van der Waals surface area (Å²) in [6.07, 6.45) is 0.202. The largest absolute Gasteiger partial charge is 0.318 e. The maximum absolute atomic E-state index is 11.8. The molecule has 0 saturated carbocycles. The summed E-state index contributed by atoms with van der Waals surface area (Å²) in [4.78, 5) is 11.4. The summed E-state index contributed by atoms with van der Waals surface area (Å²) in [6, 6.07) is -1.16. The van der Waals surface area contributed by atoms with Gasteiger partial charge in [0.05, 0.1) is 12.5 Å². The maximum atomic E-state index is 11.8. The van der Waals surface area contributed by atoms with E-state index in [1.165, 1.54) is 0 Å². The van der Waals surface area contributed by atoms with Gasteiger partial charge in [-0.15, -0.1) is 0 Å². The van der Waals surface area contributed by atoms with Crippen LogP contribution in [0.15, 0.2) is 0 Å². The number of carbonyl (C=O) groups excluding carboxylic acids is 1. The Bertz CT molecular complexity index is 601. The molecule has 110 valence electrons. The Kier molecular flexibility index (Phi) is 3.28. The van der Waals surface area contributed by atoms with Crippen molar-refractivity contribution >= 4 is 26.1 Å². The van der Waals surface area contributed by atoms with Crippen LogP contribution < -0.4 is 10.6 Å². The van der Waals surface area contributed by atoms with Gasteiger partial charge in [0.1, 0.15) is 12.3 Å². The first-order valence-corrected chi connectivity index (χ1v) is 9.24. The molecule has 3 atom stereocenters. The molecular formula is C8H16N4O5S2. The number of hydrogen-bond acceptors (Lipinski definition) is 5. The minimum absolute atomic E-state index is 0.00493. The molecule has 0 aromatic carbocycles. The summed E-state index contributed by atoms with van der Waals surface area (Å²) in [5.41, 5.74) is 0. The minimum Gasteiger partial charge on any atom is -0.318 e. The molecule has 0 aromatic rings. The highest BCUT2D eigenvalue weighted by atomic mass is 32.2. The average Bonchev–Trinajstić information content (AvgIpc) is 2.53. The summed E-state index contributed by atoms with van der Waals surface area (Å²) in [5, 5.41) is 4.86. The van der Waals surface area contributed by atoms with Crippen molar-refractivity contribution in [2.24, 2.45) is 0 Å². The molecule has 2 amide bonds. The van der Waals surface area contributed by atoms with Crippen LogP contribution in [0.2, 0.25) is 0 Å². The lowest BCUT2D eigenvalue weighted by Gasteiger charge is -2.44. The Hall–Kier alpha value is -0.910. The Labute approximate surface area is 112 Å². The van der Waals surface area contributed by atoms with E-state index in [4.69, 9.17) is 0 Å². The molecule has 2 fully saturated rings. The maximum Gasteiger partial charge on any atom is 0.317 e. The monoisotopic (exact) mass is 312 g/mol. The van der Waals surface area contributed by atoms with Crippen LogP contribution in [-0.4, -0.2) is 68.9 Å². The minimum atomic E-state index is -3.56. The van der Waals surface area contributed by atoms with Gasteiger partial charge in [0.2, 0.25) is 20.0 Å². The molecule has 11 heteroatoms. The molecule has 2 heterocycles. The zero-order chi connectivity index (χ0) is 14.6. The number of piperazine rings is 1. The first-order valence-electron chi connectivity index (χ1n) is 5.54. The van der Waals surface area contributed by atoms with Crippen LogP contribution in [0, 0.1) is 0 Å². The van der Waals surface area contributed by atoms with E-state index in [2.05, 4.69) is 10.6 Å². The van der Waals surface area contributed by atoms with Gasteiger partial charge in [0.15, 0.2) is 0 Å². The van der Waals surface area contributed by atoms with Crippen molar-refractivity contribution in [3.05, 3.63) is 0 Å². The van der Waals surface area contributed by atoms with Gasteiger partial charge in [-0.1, -0.05) is 0 Å². The Morgan fingerprint density at radius 1 is 1.05 bits per heavy atom. The van der Waals surface area contributed by atoms with Crippen molar-refractivity contribution < 1.29 is 21.6 Å². The predicted octanol–water partition coefficient (Wildman–Crippen LogP) is -2.12. The zero-order valence-corrected chi connectivity index (χ0v) is 12.3. The van der Waals surface area contributed by atoms with Crippen molar-refractivity contribution in [2.75, 3.05) is 19.1 Å². The Morgan fingerprint density at radius 2 is 1.58 bits per heavy atom. The molecule has 2 aliphatic rings. The summed E-state index contributed by atoms with van der Waals surface area (Å²) in [5.74, 6) is 0. The molecule has 2 N–H and O–H groups in total. The van der Waals surface area contributed by atoms with Crippen LogP contribution in [0.4, 0.5) is 4.79 Å². The molecule has 3 unspecified atom stereocenters. The Balaban J connectivity index is 2.45. The van der Waals surface area contributed by atoms with Crippen molar-refractivity contribution in [3.63, 3.8) is 0 Å². The number of hydrogen-bond donors (Lipinski definition) is 2. The number of nitrogens with one attached hydrogen (secondary N) is 2. The molecule has 2 aliphatic heterocycles. The smallest absolute Gasteiger partial charge is 0.317 e. The number of nitrogens with zero attached hydrogens (tertiary/aromatic N) is 2. The lowest BCUT2D eigenvalue weighted by atomic mass is 10.2. The van der Waals surface area contributed by atoms with Crippen molar-refractivity contribution in [3.8, 4) is 0 Å². The number of fused-ring (bicyclic) bond motifs is 1. The molecule has 2 saturated heterocycles. The van der Waals surface area contributed by atoms with Gasteiger partial charge in [0, 0.05) is 12.6 Å². The molecular weight excluding hydrogens is 296 g/mol. The number of amides is 2. The van der Waals surface area contributed by atoms with Crippen LogP contribution in [0.25, 0.3) is 0 Å². The van der Waals surface area contributed by atoms with Gasteiger partial charge < -0.3 is 10.6 Å². The second-order valence-corrected chi connectivity index (χ2v) is 8.60. The van der Waals surface area contributed by atoms with Crippen LogP contribution >= 0.6 is 0 Å². The molecule has 0 bridgehead atoms. The van der Waals surface area contributed by atoms with Crippen LogP contribution in [0.5, 0.6) is 0 Å².